The van der Waals surface area contributed by atoms with Gasteiger partial charge in [0, 0.05) is 32.1 Å². The van der Waals surface area contributed by atoms with Gasteiger partial charge in [0.2, 0.25) is 11.8 Å². The number of aromatic nitrogens is 2. The molecule has 0 bridgehead atoms. The number of ether oxygens (including phenoxy) is 2. The molecule has 0 unspecified atom stereocenters. The number of rotatable bonds is 15. The van der Waals surface area contributed by atoms with Crippen LogP contribution in [0, 0.1) is 0 Å². The minimum atomic E-state index is -1.16. The van der Waals surface area contributed by atoms with Crippen molar-refractivity contribution in [2.24, 2.45) is 0 Å². The van der Waals surface area contributed by atoms with Crippen LogP contribution in [0.4, 0.5) is 4.79 Å². The van der Waals surface area contributed by atoms with Gasteiger partial charge in [0.25, 0.3) is 11.8 Å². The maximum Gasteiger partial charge on any atom is 0.527 e. The summed E-state index contributed by atoms with van der Waals surface area (Å²) in [5.74, 6) is -2.32. The van der Waals surface area contributed by atoms with Crippen molar-refractivity contribution in [1.82, 2.24) is 30.4 Å². The number of benzene rings is 1. The molecule has 2 heterocycles. The molecule has 0 radical (unpaired) electrons. The minimum Gasteiger partial charge on any atom is -0.481 e. The molecule has 15 heteroatoms. The van der Waals surface area contributed by atoms with Crippen LogP contribution in [0.3, 0.4) is 0 Å². The molecule has 3 amide bonds. The van der Waals surface area contributed by atoms with Crippen LogP contribution in [0.2, 0.25) is 0 Å². The van der Waals surface area contributed by atoms with E-state index in [0.717, 1.165) is 19.3 Å². The van der Waals surface area contributed by atoms with E-state index in [1.165, 1.54) is 20.7 Å². The predicted octanol–water partition coefficient (Wildman–Crippen LogP) is 2.29. The monoisotopic (exact) mass is 642 g/mol. The Labute approximate surface area is 267 Å². The van der Waals surface area contributed by atoms with Crippen LogP contribution in [0.5, 0.6) is 5.88 Å². The van der Waals surface area contributed by atoms with Crippen LogP contribution in [0.15, 0.2) is 36.4 Å². The molecule has 2 aliphatic rings. The van der Waals surface area contributed by atoms with Gasteiger partial charge in [-0.1, -0.05) is 31.5 Å². The van der Waals surface area contributed by atoms with E-state index in [-0.39, 0.29) is 63.1 Å². The number of carboxylic acid groups (broad SMARTS) is 1. The fourth-order valence-electron chi connectivity index (χ4n) is 5.14. The molecule has 15 nitrogen and oxygen atoms in total. The number of nitrogens with one attached hydrogen (secondary N) is 2. The molecule has 250 valence electrons. The molecule has 3 N–H and O–H groups in total. The summed E-state index contributed by atoms with van der Waals surface area (Å²) in [4.78, 5) is 69.8. The molecule has 1 saturated heterocycles. The van der Waals surface area contributed by atoms with E-state index in [2.05, 4.69) is 15.7 Å². The molecule has 1 aromatic carbocycles. The molecule has 0 spiro atoms. The average molecular weight is 643 g/mol. The van der Waals surface area contributed by atoms with Crippen molar-refractivity contribution in [3.8, 4) is 11.6 Å². The number of amides is 3. The number of hydroxylamine groups is 2. The summed E-state index contributed by atoms with van der Waals surface area (Å²) in [6.07, 6.45) is 2.26. The molecule has 46 heavy (non-hydrogen) atoms. The third-order valence-electron chi connectivity index (χ3n) is 7.87. The second-order valence-electron chi connectivity index (χ2n) is 11.2. The van der Waals surface area contributed by atoms with Crippen molar-refractivity contribution in [2.75, 3.05) is 39.3 Å². The van der Waals surface area contributed by atoms with Gasteiger partial charge in [-0.15, -0.1) is 5.06 Å². The van der Waals surface area contributed by atoms with E-state index in [1.807, 2.05) is 13.0 Å². The fraction of sp³-hybridized carbons (Fsp3) is 0.548. The van der Waals surface area contributed by atoms with Gasteiger partial charge < -0.3 is 35.0 Å². The van der Waals surface area contributed by atoms with Gasteiger partial charge >= 0.3 is 12.1 Å². The summed E-state index contributed by atoms with van der Waals surface area (Å²) in [6.45, 7) is 5.17. The van der Waals surface area contributed by atoms with Crippen molar-refractivity contribution in [1.29, 1.82) is 0 Å². The third-order valence-corrected chi connectivity index (χ3v) is 7.87. The quantitative estimate of drug-likeness (QED) is 0.192. The largest absolute Gasteiger partial charge is 0.527 e. The second kappa shape index (κ2) is 16.1. The van der Waals surface area contributed by atoms with E-state index >= 15 is 0 Å². The zero-order valence-electron chi connectivity index (χ0n) is 26.2. The topological polar surface area (TPSA) is 182 Å². The first kappa shape index (κ1) is 34.2. The summed E-state index contributed by atoms with van der Waals surface area (Å²) >= 11 is 0. The molecule has 2 aromatic rings. The standard InChI is InChI=1S/C31H42N6O9/c1-3-5-16-32-29(42)31(14-9-15-31)45-25-21-24(34-37(25)22-10-7-6-8-11-22)27(40)33-23(12-13-26(38)39)28(41)35-17-19-36(20-18-35)46-30(43)44-4-2/h6-8,10-11,21,23H,3-5,9,12-20H2,1-2H3,(H,32,42)(H,33,40)(H,38,39)/t23-/m0/s1. The molecular weight excluding hydrogens is 600 g/mol. The summed E-state index contributed by atoms with van der Waals surface area (Å²) in [7, 11) is 0. The Balaban J connectivity index is 1.51. The number of carboxylic acids is 1. The summed E-state index contributed by atoms with van der Waals surface area (Å²) in [5, 5.41) is 20.8. The number of aliphatic carboxylic acids is 1. The highest BCUT2D eigenvalue weighted by molar-refractivity contribution is 5.96. The molecule has 2 fully saturated rings. The van der Waals surface area contributed by atoms with Crippen LogP contribution in [-0.2, 0) is 24.0 Å². The summed E-state index contributed by atoms with van der Waals surface area (Å²) in [6, 6.07) is 9.25. The number of carbonyl (C=O) groups is 5. The highest BCUT2D eigenvalue weighted by Crippen LogP contribution is 2.38. The maximum atomic E-state index is 13.6. The van der Waals surface area contributed by atoms with Gasteiger partial charge in [0.05, 0.1) is 25.4 Å². The Morgan fingerprint density at radius 3 is 2.37 bits per heavy atom. The molecule has 1 aliphatic carbocycles. The van der Waals surface area contributed by atoms with Crippen LogP contribution >= 0.6 is 0 Å². The first-order valence-electron chi connectivity index (χ1n) is 15.7. The van der Waals surface area contributed by atoms with E-state index in [1.54, 1.807) is 31.2 Å². The number of unbranched alkanes of at least 4 members (excludes halogenated alkanes) is 1. The SMILES string of the molecule is CCCCNC(=O)C1(Oc2cc(C(=O)N[C@@H](CCC(=O)O)C(=O)N3CCN(OC(=O)OCC)CC3)nn2-c2ccccc2)CCC1. The molecule has 1 aromatic heterocycles. The number of hydrogen-bond donors (Lipinski definition) is 3. The van der Waals surface area contributed by atoms with Crippen LogP contribution in [-0.4, -0.2) is 106 Å². The van der Waals surface area contributed by atoms with Crippen LogP contribution < -0.4 is 15.4 Å². The lowest BCUT2D eigenvalue weighted by Gasteiger charge is -2.39. The molecule has 1 aliphatic heterocycles. The Morgan fingerprint density at radius 1 is 1.04 bits per heavy atom. The minimum absolute atomic E-state index is 0.0690. The normalized spacial score (nSPS) is 16.4. The van der Waals surface area contributed by atoms with E-state index in [4.69, 9.17) is 14.3 Å². The highest BCUT2D eigenvalue weighted by Gasteiger charge is 2.47. The van der Waals surface area contributed by atoms with Gasteiger partial charge in [0.1, 0.15) is 6.04 Å². The molecule has 1 saturated carbocycles. The zero-order chi connectivity index (χ0) is 33.1. The highest BCUT2D eigenvalue weighted by atomic mass is 16.8. The Hall–Kier alpha value is -4.66. The predicted molar refractivity (Wildman–Crippen MR) is 163 cm³/mol. The number of hydrogen-bond acceptors (Lipinski definition) is 10. The third kappa shape index (κ3) is 8.74. The fourth-order valence-corrected chi connectivity index (χ4v) is 5.14. The van der Waals surface area contributed by atoms with Crippen molar-refractivity contribution in [3.05, 3.63) is 42.1 Å². The summed E-state index contributed by atoms with van der Waals surface area (Å²) < 4.78 is 12.5. The van der Waals surface area contributed by atoms with Crippen LogP contribution in [0.25, 0.3) is 5.69 Å². The van der Waals surface area contributed by atoms with E-state index < -0.39 is 35.6 Å². The number of para-hydroxylation sites is 1. The maximum absolute atomic E-state index is 13.6. The van der Waals surface area contributed by atoms with Gasteiger partial charge in [-0.3, -0.25) is 19.2 Å². The Kier molecular flexibility index (Phi) is 11.9. The Morgan fingerprint density at radius 2 is 1.76 bits per heavy atom. The Bertz CT molecular complexity index is 1370. The van der Waals surface area contributed by atoms with Gasteiger partial charge in [0.15, 0.2) is 11.3 Å². The molecule has 1 atom stereocenters. The second-order valence-corrected chi connectivity index (χ2v) is 11.2. The lowest BCUT2D eigenvalue weighted by molar-refractivity contribution is -0.157. The van der Waals surface area contributed by atoms with E-state index in [0.29, 0.717) is 25.1 Å². The summed E-state index contributed by atoms with van der Waals surface area (Å²) in [5.41, 5.74) is -0.563. The van der Waals surface area contributed by atoms with Crippen molar-refractivity contribution >= 4 is 29.8 Å². The lowest BCUT2D eigenvalue weighted by Crippen LogP contribution is -2.56. The van der Waals surface area contributed by atoms with Gasteiger partial charge in [-0.25, -0.2) is 9.48 Å². The molecular formula is C31H42N6O9. The van der Waals surface area contributed by atoms with Crippen molar-refractivity contribution < 1.29 is 43.4 Å². The first-order valence-corrected chi connectivity index (χ1v) is 15.7. The van der Waals surface area contributed by atoms with Crippen molar-refractivity contribution in [3.63, 3.8) is 0 Å². The van der Waals surface area contributed by atoms with E-state index in [9.17, 15) is 29.1 Å². The van der Waals surface area contributed by atoms with Gasteiger partial charge in [-0.2, -0.15) is 5.10 Å². The molecule has 4 rings (SSSR count). The first-order chi connectivity index (χ1) is 22.2. The number of carbonyl (C=O) groups excluding carboxylic acids is 4. The zero-order valence-corrected chi connectivity index (χ0v) is 26.2. The lowest BCUT2D eigenvalue weighted by atomic mass is 9.79. The smallest absolute Gasteiger partial charge is 0.481 e. The van der Waals surface area contributed by atoms with Crippen molar-refractivity contribution in [2.45, 2.75) is 70.4 Å². The average Bonchev–Trinajstić information content (AvgIpc) is 3.45. The number of piperazine rings is 1. The number of nitrogens with zero attached hydrogens (tertiary/aromatic N) is 4. The van der Waals surface area contributed by atoms with Crippen LogP contribution in [0.1, 0.15) is 69.3 Å². The van der Waals surface area contributed by atoms with Gasteiger partial charge in [-0.05, 0) is 51.2 Å².